The van der Waals surface area contributed by atoms with Gasteiger partial charge in [-0.15, -0.1) is 0 Å². The number of hydrogen-bond acceptors (Lipinski definition) is 2. The van der Waals surface area contributed by atoms with E-state index < -0.39 is 0 Å². The van der Waals surface area contributed by atoms with Crippen molar-refractivity contribution in [1.82, 2.24) is 0 Å². The molecule has 1 fully saturated rings. The van der Waals surface area contributed by atoms with Gasteiger partial charge in [0.1, 0.15) is 0 Å². The first-order valence-corrected chi connectivity index (χ1v) is 7.88. The quantitative estimate of drug-likeness (QED) is 0.579. The van der Waals surface area contributed by atoms with Gasteiger partial charge in [0.25, 0.3) is 0 Å². The van der Waals surface area contributed by atoms with E-state index in [4.69, 9.17) is 9.31 Å². The fourth-order valence-corrected chi connectivity index (χ4v) is 2.61. The highest BCUT2D eigenvalue weighted by molar-refractivity contribution is 6.48. The van der Waals surface area contributed by atoms with Crippen LogP contribution in [-0.4, -0.2) is 18.3 Å². The van der Waals surface area contributed by atoms with Crippen LogP contribution >= 0.6 is 0 Å². The highest BCUT2D eigenvalue weighted by atomic mass is 16.7. The Bertz CT molecular complexity index is 463. The van der Waals surface area contributed by atoms with E-state index in [0.717, 1.165) is 12.8 Å². The molecule has 0 aromatic heterocycles. The van der Waals surface area contributed by atoms with Crippen LogP contribution in [0, 0.1) is 0 Å². The van der Waals surface area contributed by atoms with E-state index in [1.807, 2.05) is 0 Å². The van der Waals surface area contributed by atoms with Gasteiger partial charge in [-0.3, -0.25) is 0 Å². The number of benzene rings is 1. The van der Waals surface area contributed by atoms with Gasteiger partial charge in [-0.05, 0) is 53.0 Å². The minimum absolute atomic E-state index is 0.157. The van der Waals surface area contributed by atoms with E-state index in [-0.39, 0.29) is 24.1 Å². The second kappa shape index (κ2) is 6.37. The Labute approximate surface area is 129 Å². The van der Waals surface area contributed by atoms with Crippen molar-refractivity contribution in [2.45, 2.75) is 64.5 Å². The molecule has 0 saturated carbocycles. The number of aryl methyl sites for hydroxylation is 1. The van der Waals surface area contributed by atoms with Crippen molar-refractivity contribution >= 4 is 7.12 Å². The lowest BCUT2D eigenvalue weighted by molar-refractivity contribution is 0.00578. The fourth-order valence-electron chi connectivity index (χ4n) is 2.61. The summed E-state index contributed by atoms with van der Waals surface area (Å²) >= 11 is 0. The van der Waals surface area contributed by atoms with Gasteiger partial charge in [0.05, 0.1) is 11.2 Å². The minimum atomic E-state index is -0.260. The third-order valence-electron chi connectivity index (χ3n) is 4.67. The summed E-state index contributed by atoms with van der Waals surface area (Å²) in [6.45, 7) is 10.5. The average Bonchev–Trinajstić information content (AvgIpc) is 2.64. The van der Waals surface area contributed by atoms with Crippen LogP contribution in [0.1, 0.15) is 46.6 Å². The van der Waals surface area contributed by atoms with Gasteiger partial charge in [0.15, 0.2) is 0 Å². The van der Waals surface area contributed by atoms with Gasteiger partial charge in [-0.25, -0.2) is 0 Å². The Morgan fingerprint density at radius 2 is 1.62 bits per heavy atom. The van der Waals surface area contributed by atoms with E-state index in [0.29, 0.717) is 0 Å². The van der Waals surface area contributed by atoms with Crippen molar-refractivity contribution in [2.24, 2.45) is 0 Å². The van der Waals surface area contributed by atoms with Crippen molar-refractivity contribution in [2.75, 3.05) is 0 Å². The highest BCUT2D eigenvalue weighted by Gasteiger charge is 2.52. The molecule has 2 rings (SSSR count). The van der Waals surface area contributed by atoms with Crippen LogP contribution in [0.5, 0.6) is 0 Å². The van der Waals surface area contributed by atoms with Gasteiger partial charge < -0.3 is 9.31 Å². The first-order chi connectivity index (χ1) is 9.86. The summed E-state index contributed by atoms with van der Waals surface area (Å²) in [4.78, 5) is 0. The first kappa shape index (κ1) is 16.3. The number of rotatable bonds is 5. The Hall–Kier alpha value is -1.06. The molecule has 0 aliphatic carbocycles. The molecule has 0 unspecified atom stereocenters. The fraction of sp³-hybridized carbons (Fsp3) is 0.556. The smallest absolute Gasteiger partial charge is 0.403 e. The summed E-state index contributed by atoms with van der Waals surface area (Å²) in [5.74, 6) is 0.288. The minimum Gasteiger partial charge on any atom is -0.403 e. The summed E-state index contributed by atoms with van der Waals surface area (Å²) in [5, 5.41) is 0. The summed E-state index contributed by atoms with van der Waals surface area (Å²) < 4.78 is 12.4. The Balaban J connectivity index is 2.03. The molecule has 3 heteroatoms. The van der Waals surface area contributed by atoms with Crippen LogP contribution in [0.3, 0.4) is 0 Å². The lowest BCUT2D eigenvalue weighted by Crippen LogP contribution is -2.41. The molecule has 2 nitrogen and oxygen atoms in total. The van der Waals surface area contributed by atoms with Crippen LogP contribution in [0.4, 0.5) is 0 Å². The zero-order valence-corrected chi connectivity index (χ0v) is 13.9. The lowest BCUT2D eigenvalue weighted by Gasteiger charge is -2.32. The summed E-state index contributed by atoms with van der Waals surface area (Å²) in [6, 6.07) is 10.6. The van der Waals surface area contributed by atoms with E-state index in [9.17, 15) is 0 Å². The molecule has 1 aliphatic rings. The van der Waals surface area contributed by atoms with Gasteiger partial charge in [-0.2, -0.15) is 0 Å². The molecule has 0 bridgehead atoms. The van der Waals surface area contributed by atoms with E-state index in [2.05, 4.69) is 77.1 Å². The molecule has 0 N–H and O–H groups in total. The number of allylic oxidation sites excluding steroid dienone is 2. The van der Waals surface area contributed by atoms with Gasteiger partial charge in [0, 0.05) is 5.82 Å². The van der Waals surface area contributed by atoms with Crippen LogP contribution in [0.25, 0.3) is 0 Å². The Morgan fingerprint density at radius 1 is 1.05 bits per heavy atom. The molecule has 0 spiro atoms. The van der Waals surface area contributed by atoms with Crippen LogP contribution < -0.4 is 0 Å². The molecule has 114 valence electrons. The third kappa shape index (κ3) is 3.78. The molecule has 1 aromatic rings. The monoisotopic (exact) mass is 286 g/mol. The van der Waals surface area contributed by atoms with E-state index in [1.54, 1.807) is 0 Å². The predicted octanol–water partition coefficient (Wildman–Crippen LogP) is 4.66. The largest absolute Gasteiger partial charge is 0.465 e. The van der Waals surface area contributed by atoms with Crippen molar-refractivity contribution in [3.63, 3.8) is 0 Å². The van der Waals surface area contributed by atoms with Crippen molar-refractivity contribution in [1.29, 1.82) is 0 Å². The van der Waals surface area contributed by atoms with Crippen molar-refractivity contribution < 1.29 is 9.31 Å². The van der Waals surface area contributed by atoms with Crippen molar-refractivity contribution in [3.05, 3.63) is 48.0 Å². The maximum Gasteiger partial charge on any atom is 0.465 e. The molecular weight excluding hydrogens is 259 g/mol. The van der Waals surface area contributed by atoms with Crippen molar-refractivity contribution in [3.8, 4) is 0 Å². The van der Waals surface area contributed by atoms with Crippen LogP contribution in [0.2, 0.25) is 5.82 Å². The molecule has 1 aromatic carbocycles. The molecule has 21 heavy (non-hydrogen) atoms. The maximum absolute atomic E-state index is 6.19. The maximum atomic E-state index is 6.19. The van der Waals surface area contributed by atoms with Crippen LogP contribution in [0.15, 0.2) is 42.5 Å². The first-order valence-electron chi connectivity index (χ1n) is 7.88. The van der Waals surface area contributed by atoms with Gasteiger partial charge in [0.2, 0.25) is 0 Å². The molecule has 1 saturated heterocycles. The second-order valence-electron chi connectivity index (χ2n) is 6.84. The van der Waals surface area contributed by atoms with Gasteiger partial charge >= 0.3 is 7.12 Å². The zero-order chi connectivity index (χ0) is 15.5. The summed E-state index contributed by atoms with van der Waals surface area (Å²) in [5.41, 5.74) is 0.845. The molecule has 1 atom stereocenters. The standard InChI is InChI=1S/C18H27BO2/c1-6-10-16(14-13-15-11-8-7-9-12-15)19-20-17(2,3)18(4,5)21-19/h6-12,16H,13-14H2,1-5H3/b10-6-/t16-/m0/s1. The topological polar surface area (TPSA) is 18.5 Å². The molecule has 0 amide bonds. The lowest BCUT2D eigenvalue weighted by atomic mass is 9.69. The predicted molar refractivity (Wildman–Crippen MR) is 89.4 cm³/mol. The SMILES string of the molecule is C/C=C\[C@@H](CCc1ccccc1)B1OC(C)(C)C(C)(C)O1. The third-order valence-corrected chi connectivity index (χ3v) is 4.67. The number of hydrogen-bond donors (Lipinski definition) is 0. The van der Waals surface area contributed by atoms with Crippen LogP contribution in [-0.2, 0) is 15.7 Å². The molecule has 1 heterocycles. The summed E-state index contributed by atoms with van der Waals surface area (Å²) in [7, 11) is -0.157. The molecule has 1 aliphatic heterocycles. The molecule has 0 radical (unpaired) electrons. The highest BCUT2D eigenvalue weighted by Crippen LogP contribution is 2.41. The summed E-state index contributed by atoms with van der Waals surface area (Å²) in [6.07, 6.45) is 6.39. The average molecular weight is 286 g/mol. The second-order valence-corrected chi connectivity index (χ2v) is 6.84. The zero-order valence-electron chi connectivity index (χ0n) is 13.9. The molecular formula is C18H27BO2. The Morgan fingerprint density at radius 3 is 2.14 bits per heavy atom. The Kier molecular flexibility index (Phi) is 4.95. The normalized spacial score (nSPS) is 21.9. The van der Waals surface area contributed by atoms with Gasteiger partial charge in [-0.1, -0.05) is 42.5 Å². The van der Waals surface area contributed by atoms with E-state index >= 15 is 0 Å². The van der Waals surface area contributed by atoms with E-state index in [1.165, 1.54) is 5.56 Å².